The van der Waals surface area contributed by atoms with Gasteiger partial charge in [-0.25, -0.2) is 14.8 Å². The van der Waals surface area contributed by atoms with Gasteiger partial charge in [-0.3, -0.25) is 23.8 Å². The van der Waals surface area contributed by atoms with Crippen molar-refractivity contribution in [3.63, 3.8) is 0 Å². The number of pyridine rings is 1. The van der Waals surface area contributed by atoms with Crippen LogP contribution in [-0.4, -0.2) is 39.8 Å². The Morgan fingerprint density at radius 2 is 1.81 bits per heavy atom. The molecule has 4 heterocycles. The molecule has 0 atom stereocenters. The zero-order valence-corrected chi connectivity index (χ0v) is 21.4. The molecule has 0 aliphatic rings. The summed E-state index contributed by atoms with van der Waals surface area (Å²) in [6.45, 7) is 7.16. The molecule has 4 rings (SSSR count). The molecule has 0 saturated heterocycles. The number of aryl methyl sites for hydroxylation is 5. The Morgan fingerprint density at radius 1 is 1.06 bits per heavy atom. The van der Waals surface area contributed by atoms with Crippen molar-refractivity contribution in [2.75, 3.05) is 5.32 Å². The summed E-state index contributed by atoms with van der Waals surface area (Å²) in [5.74, 6) is 0.455. The zero-order valence-electron chi connectivity index (χ0n) is 21.4. The van der Waals surface area contributed by atoms with Gasteiger partial charge in [0.25, 0.3) is 5.56 Å². The highest BCUT2D eigenvalue weighted by atomic mass is 16.2. The first-order valence-corrected chi connectivity index (χ1v) is 12.7. The molecule has 2 N–H and O–H groups in total. The standard InChI is InChI=1S/C25H34N8O3/c1-5-7-9-13-32-19(28-23-21(32)24(35)29-25(36)33(23)12-8-6-2)10-11-20(34)27-17-14-18-16(3)30-31(4)22(18)26-15-17/h14-15H,5-13H2,1-4H3,(H,27,34)(H,29,35,36). The number of hydrogen-bond acceptors (Lipinski definition) is 6. The number of imidazole rings is 1. The van der Waals surface area contributed by atoms with E-state index in [9.17, 15) is 14.4 Å². The van der Waals surface area contributed by atoms with Crippen LogP contribution in [0.4, 0.5) is 5.69 Å². The molecule has 0 saturated carbocycles. The maximum absolute atomic E-state index is 12.8. The Bertz CT molecular complexity index is 1510. The Hall–Kier alpha value is -3.76. The molecule has 0 fully saturated rings. The van der Waals surface area contributed by atoms with Gasteiger partial charge >= 0.3 is 5.69 Å². The van der Waals surface area contributed by atoms with Crippen LogP contribution >= 0.6 is 0 Å². The van der Waals surface area contributed by atoms with Gasteiger partial charge in [-0.2, -0.15) is 5.10 Å². The number of carbonyl (C=O) groups is 1. The topological polar surface area (TPSA) is 132 Å². The summed E-state index contributed by atoms with van der Waals surface area (Å²) in [5.41, 5.74) is 2.11. The second-order valence-corrected chi connectivity index (χ2v) is 9.18. The van der Waals surface area contributed by atoms with E-state index >= 15 is 0 Å². The van der Waals surface area contributed by atoms with E-state index in [1.54, 1.807) is 10.9 Å². The average molecular weight is 495 g/mol. The zero-order chi connectivity index (χ0) is 25.8. The van der Waals surface area contributed by atoms with Crippen LogP contribution < -0.4 is 16.6 Å². The molecule has 0 aliphatic carbocycles. The van der Waals surface area contributed by atoms with Gasteiger partial charge in [0.1, 0.15) is 5.82 Å². The number of nitrogens with one attached hydrogen (secondary N) is 2. The van der Waals surface area contributed by atoms with Crippen LogP contribution in [0.25, 0.3) is 22.2 Å². The SMILES string of the molecule is CCCCCn1c(CCC(=O)Nc2cnc3c(c2)c(C)nn3C)nc2c1c(=O)[nH]c(=O)n2CCCC. The molecule has 4 aromatic heterocycles. The van der Waals surface area contributed by atoms with Crippen LogP contribution in [0.3, 0.4) is 0 Å². The van der Waals surface area contributed by atoms with E-state index in [1.165, 1.54) is 4.57 Å². The van der Waals surface area contributed by atoms with Crippen molar-refractivity contribution in [3.05, 3.63) is 44.6 Å². The minimum absolute atomic E-state index is 0.179. The summed E-state index contributed by atoms with van der Waals surface area (Å²) in [7, 11) is 1.83. The van der Waals surface area contributed by atoms with E-state index in [0.717, 1.165) is 48.8 Å². The lowest BCUT2D eigenvalue weighted by atomic mass is 10.2. The summed E-state index contributed by atoms with van der Waals surface area (Å²) >= 11 is 0. The molecule has 36 heavy (non-hydrogen) atoms. The van der Waals surface area contributed by atoms with Crippen molar-refractivity contribution < 1.29 is 4.79 Å². The number of amides is 1. The maximum Gasteiger partial charge on any atom is 0.330 e. The summed E-state index contributed by atoms with van der Waals surface area (Å²) in [6, 6.07) is 1.87. The fraction of sp³-hybridized carbons (Fsp3) is 0.520. The number of aromatic nitrogens is 7. The highest BCUT2D eigenvalue weighted by Crippen LogP contribution is 2.20. The fourth-order valence-electron chi connectivity index (χ4n) is 4.52. The number of unbranched alkanes of at least 4 members (excludes halogenated alkanes) is 3. The van der Waals surface area contributed by atoms with Crippen molar-refractivity contribution in [1.82, 2.24) is 33.9 Å². The lowest BCUT2D eigenvalue weighted by molar-refractivity contribution is -0.116. The number of carbonyl (C=O) groups excluding carboxylic acids is 1. The highest BCUT2D eigenvalue weighted by molar-refractivity contribution is 5.93. The summed E-state index contributed by atoms with van der Waals surface area (Å²) < 4.78 is 5.13. The molecule has 0 radical (unpaired) electrons. The summed E-state index contributed by atoms with van der Waals surface area (Å²) in [4.78, 5) is 49.7. The fourth-order valence-corrected chi connectivity index (χ4v) is 4.52. The van der Waals surface area contributed by atoms with Gasteiger partial charge in [-0.15, -0.1) is 0 Å². The minimum Gasteiger partial charge on any atom is -0.325 e. The molecule has 192 valence electrons. The first-order valence-electron chi connectivity index (χ1n) is 12.7. The van der Waals surface area contributed by atoms with Crippen LogP contribution in [0.5, 0.6) is 0 Å². The molecule has 1 amide bonds. The number of anilines is 1. The normalized spacial score (nSPS) is 11.6. The van der Waals surface area contributed by atoms with Crippen LogP contribution in [-0.2, 0) is 31.4 Å². The lowest BCUT2D eigenvalue weighted by Gasteiger charge is -2.09. The lowest BCUT2D eigenvalue weighted by Crippen LogP contribution is -2.31. The second kappa shape index (κ2) is 10.9. The molecule has 0 spiro atoms. The van der Waals surface area contributed by atoms with Gasteiger partial charge < -0.3 is 9.88 Å². The van der Waals surface area contributed by atoms with Gasteiger partial charge in [0.05, 0.1) is 17.6 Å². The molecule has 4 aromatic rings. The number of aromatic amines is 1. The second-order valence-electron chi connectivity index (χ2n) is 9.18. The van der Waals surface area contributed by atoms with Gasteiger partial charge in [0.15, 0.2) is 16.8 Å². The first kappa shape index (κ1) is 25.3. The van der Waals surface area contributed by atoms with Gasteiger partial charge in [-0.05, 0) is 25.8 Å². The largest absolute Gasteiger partial charge is 0.330 e. The molecular weight excluding hydrogens is 460 g/mol. The van der Waals surface area contributed by atoms with Crippen molar-refractivity contribution in [2.45, 2.75) is 78.8 Å². The molecule has 11 nitrogen and oxygen atoms in total. The van der Waals surface area contributed by atoms with E-state index < -0.39 is 11.2 Å². The van der Waals surface area contributed by atoms with Crippen LogP contribution in [0, 0.1) is 6.92 Å². The minimum atomic E-state index is -0.447. The van der Waals surface area contributed by atoms with Gasteiger partial charge in [0.2, 0.25) is 5.91 Å². The maximum atomic E-state index is 12.8. The van der Waals surface area contributed by atoms with Gasteiger partial charge in [0, 0.05) is 38.4 Å². The van der Waals surface area contributed by atoms with Gasteiger partial charge in [-0.1, -0.05) is 33.1 Å². The number of fused-ring (bicyclic) bond motifs is 2. The predicted octanol–water partition coefficient (Wildman–Crippen LogP) is 3.04. The summed E-state index contributed by atoms with van der Waals surface area (Å²) in [5, 5.41) is 8.16. The van der Waals surface area contributed by atoms with Crippen LogP contribution in [0.2, 0.25) is 0 Å². The Morgan fingerprint density at radius 3 is 2.56 bits per heavy atom. The third kappa shape index (κ3) is 5.09. The Labute approximate surface area is 208 Å². The average Bonchev–Trinajstić information content (AvgIpc) is 3.34. The smallest absolute Gasteiger partial charge is 0.325 e. The van der Waals surface area contributed by atoms with Crippen molar-refractivity contribution in [2.24, 2.45) is 7.05 Å². The molecule has 0 aliphatic heterocycles. The Balaban J connectivity index is 1.59. The number of nitrogens with zero attached hydrogens (tertiary/aromatic N) is 6. The molecule has 0 aromatic carbocycles. The number of rotatable bonds is 11. The third-order valence-electron chi connectivity index (χ3n) is 6.41. The van der Waals surface area contributed by atoms with E-state index in [4.69, 9.17) is 4.98 Å². The molecule has 0 bridgehead atoms. The van der Waals surface area contributed by atoms with Crippen molar-refractivity contribution in [3.8, 4) is 0 Å². The monoisotopic (exact) mass is 494 g/mol. The Kier molecular flexibility index (Phi) is 7.66. The third-order valence-corrected chi connectivity index (χ3v) is 6.41. The molecule has 0 unspecified atom stereocenters. The number of H-pyrrole nitrogens is 1. The van der Waals surface area contributed by atoms with E-state index in [2.05, 4.69) is 27.3 Å². The number of hydrogen-bond donors (Lipinski definition) is 2. The van der Waals surface area contributed by atoms with E-state index in [-0.39, 0.29) is 12.3 Å². The highest BCUT2D eigenvalue weighted by Gasteiger charge is 2.19. The quantitative estimate of drug-likeness (QED) is 0.308. The summed E-state index contributed by atoms with van der Waals surface area (Å²) in [6.07, 6.45) is 6.78. The van der Waals surface area contributed by atoms with Crippen molar-refractivity contribution >= 4 is 33.8 Å². The van der Waals surface area contributed by atoms with E-state index in [0.29, 0.717) is 42.2 Å². The predicted molar refractivity (Wildman–Crippen MR) is 139 cm³/mol. The first-order chi connectivity index (χ1) is 17.3. The van der Waals surface area contributed by atoms with E-state index in [1.807, 2.05) is 31.5 Å². The molecule has 11 heteroatoms. The molecular formula is C25H34N8O3. The van der Waals surface area contributed by atoms with Crippen molar-refractivity contribution in [1.29, 1.82) is 0 Å². The van der Waals surface area contributed by atoms with Crippen LogP contribution in [0.1, 0.15) is 63.9 Å². The van der Waals surface area contributed by atoms with Crippen LogP contribution in [0.15, 0.2) is 21.9 Å².